The minimum absolute atomic E-state index is 0.408. The summed E-state index contributed by atoms with van der Waals surface area (Å²) in [6.07, 6.45) is 0. The van der Waals surface area contributed by atoms with Crippen molar-refractivity contribution in [1.82, 2.24) is 15.0 Å². The number of halogens is 1. The second kappa shape index (κ2) is 7.21. The summed E-state index contributed by atoms with van der Waals surface area (Å²) >= 11 is 5.99. The summed E-state index contributed by atoms with van der Waals surface area (Å²) in [4.78, 5) is 12.3. The third-order valence-corrected chi connectivity index (χ3v) is 4.71. The van der Waals surface area contributed by atoms with Gasteiger partial charge in [0.25, 0.3) is 0 Å². The molecule has 1 aromatic heterocycles. The average molecular weight is 378 g/mol. The number of para-hydroxylation sites is 1. The van der Waals surface area contributed by atoms with Crippen LogP contribution >= 0.6 is 11.6 Å². The highest BCUT2D eigenvalue weighted by Crippen LogP contribution is 2.22. The molecule has 1 heterocycles. The van der Waals surface area contributed by atoms with Crippen molar-refractivity contribution in [3.8, 4) is 5.75 Å². The van der Waals surface area contributed by atoms with Gasteiger partial charge in [-0.2, -0.15) is 0 Å². The van der Waals surface area contributed by atoms with Crippen molar-refractivity contribution in [2.24, 2.45) is 0 Å². The number of benzene rings is 3. The van der Waals surface area contributed by atoms with Crippen molar-refractivity contribution >= 4 is 28.6 Å². The number of hydrogen-bond acceptors (Lipinski definition) is 4. The molecular weight excluding hydrogens is 362 g/mol. The first-order valence-electron chi connectivity index (χ1n) is 8.46. The predicted octanol–water partition coefficient (Wildman–Crippen LogP) is 4.66. The van der Waals surface area contributed by atoms with E-state index in [9.17, 15) is 4.79 Å². The number of esters is 1. The first-order chi connectivity index (χ1) is 13.1. The molecule has 3 aromatic carbocycles. The Balaban J connectivity index is 1.48. The molecule has 0 aliphatic carbocycles. The lowest BCUT2D eigenvalue weighted by atomic mass is 10.1. The molecule has 0 amide bonds. The Morgan fingerprint density at radius 2 is 1.85 bits per heavy atom. The zero-order valence-corrected chi connectivity index (χ0v) is 15.3. The number of ether oxygens (including phenoxy) is 1. The van der Waals surface area contributed by atoms with Crippen LogP contribution in [-0.4, -0.2) is 21.0 Å². The standard InChI is InChI=1S/C21H16ClN3O2/c1-14-12-17(10-11-18(14)22)27-21(26)16-8-6-15(7-9-16)13-25-20-5-3-2-4-19(20)23-24-25/h2-12H,13H2,1H3. The van der Waals surface area contributed by atoms with Gasteiger partial charge in [0.15, 0.2) is 0 Å². The van der Waals surface area contributed by atoms with Crippen LogP contribution < -0.4 is 4.74 Å². The van der Waals surface area contributed by atoms with Gasteiger partial charge in [-0.15, -0.1) is 5.10 Å². The van der Waals surface area contributed by atoms with Crippen molar-refractivity contribution < 1.29 is 9.53 Å². The van der Waals surface area contributed by atoms with Crippen LogP contribution in [-0.2, 0) is 6.54 Å². The summed E-state index contributed by atoms with van der Waals surface area (Å²) in [5.41, 5.74) is 4.19. The van der Waals surface area contributed by atoms with E-state index in [0.29, 0.717) is 22.9 Å². The van der Waals surface area contributed by atoms with Crippen LogP contribution in [0.25, 0.3) is 11.0 Å². The lowest BCUT2D eigenvalue weighted by Gasteiger charge is -2.07. The highest BCUT2D eigenvalue weighted by Gasteiger charge is 2.10. The summed E-state index contributed by atoms with van der Waals surface area (Å²) in [5.74, 6) is 0.0644. The van der Waals surface area contributed by atoms with Gasteiger partial charge in [0.1, 0.15) is 11.3 Å². The monoisotopic (exact) mass is 377 g/mol. The Kier molecular flexibility index (Phi) is 4.60. The molecule has 5 nitrogen and oxygen atoms in total. The topological polar surface area (TPSA) is 57.0 Å². The SMILES string of the molecule is Cc1cc(OC(=O)c2ccc(Cn3nnc4ccccc43)cc2)ccc1Cl. The third-order valence-electron chi connectivity index (χ3n) is 4.28. The highest BCUT2D eigenvalue weighted by molar-refractivity contribution is 6.31. The van der Waals surface area contributed by atoms with E-state index in [-0.39, 0.29) is 0 Å². The van der Waals surface area contributed by atoms with Crippen LogP contribution in [0.15, 0.2) is 66.7 Å². The normalized spacial score (nSPS) is 10.9. The van der Waals surface area contributed by atoms with Crippen molar-refractivity contribution in [1.29, 1.82) is 0 Å². The maximum absolute atomic E-state index is 12.3. The third kappa shape index (κ3) is 3.68. The van der Waals surface area contributed by atoms with Crippen LogP contribution in [0.4, 0.5) is 0 Å². The Morgan fingerprint density at radius 3 is 2.63 bits per heavy atom. The number of carbonyl (C=O) groups excluding carboxylic acids is 1. The molecule has 0 spiro atoms. The van der Waals surface area contributed by atoms with E-state index in [1.165, 1.54) is 0 Å². The molecule has 0 aliphatic heterocycles. The largest absolute Gasteiger partial charge is 0.423 e. The van der Waals surface area contributed by atoms with Crippen LogP contribution in [0, 0.1) is 6.92 Å². The molecule has 0 aliphatic rings. The number of rotatable bonds is 4. The van der Waals surface area contributed by atoms with Gasteiger partial charge >= 0.3 is 5.97 Å². The van der Waals surface area contributed by atoms with E-state index in [1.54, 1.807) is 30.3 Å². The zero-order valence-electron chi connectivity index (χ0n) is 14.6. The summed E-state index contributed by atoms with van der Waals surface area (Å²) < 4.78 is 7.25. The van der Waals surface area contributed by atoms with E-state index in [4.69, 9.17) is 16.3 Å². The van der Waals surface area contributed by atoms with Gasteiger partial charge < -0.3 is 4.74 Å². The van der Waals surface area contributed by atoms with Crippen molar-refractivity contribution in [2.75, 3.05) is 0 Å². The molecule has 6 heteroatoms. The van der Waals surface area contributed by atoms with Gasteiger partial charge in [-0.05, 0) is 60.5 Å². The molecule has 0 N–H and O–H groups in total. The lowest BCUT2D eigenvalue weighted by Crippen LogP contribution is -2.09. The quantitative estimate of drug-likeness (QED) is 0.383. The number of nitrogens with zero attached hydrogens (tertiary/aromatic N) is 3. The fraction of sp³-hybridized carbons (Fsp3) is 0.0952. The number of fused-ring (bicyclic) bond motifs is 1. The molecule has 27 heavy (non-hydrogen) atoms. The molecule has 0 atom stereocenters. The van der Waals surface area contributed by atoms with Crippen LogP contribution in [0.2, 0.25) is 5.02 Å². The molecule has 0 bridgehead atoms. The van der Waals surface area contributed by atoms with Gasteiger partial charge in [0, 0.05) is 5.02 Å². The van der Waals surface area contributed by atoms with Crippen molar-refractivity contribution in [3.63, 3.8) is 0 Å². The predicted molar refractivity (Wildman–Crippen MR) is 104 cm³/mol. The molecular formula is C21H16ClN3O2. The minimum atomic E-state index is -0.408. The molecule has 4 aromatic rings. The smallest absolute Gasteiger partial charge is 0.343 e. The lowest BCUT2D eigenvalue weighted by molar-refractivity contribution is 0.0734. The second-order valence-electron chi connectivity index (χ2n) is 6.23. The van der Waals surface area contributed by atoms with E-state index >= 15 is 0 Å². The van der Waals surface area contributed by atoms with Crippen LogP contribution in [0.3, 0.4) is 0 Å². The van der Waals surface area contributed by atoms with Gasteiger partial charge in [0.2, 0.25) is 0 Å². The summed E-state index contributed by atoms with van der Waals surface area (Å²) in [7, 11) is 0. The fourth-order valence-electron chi connectivity index (χ4n) is 2.80. The number of aromatic nitrogens is 3. The minimum Gasteiger partial charge on any atom is -0.423 e. The molecule has 0 fully saturated rings. The van der Waals surface area contributed by atoms with E-state index in [1.807, 2.05) is 48.0 Å². The second-order valence-corrected chi connectivity index (χ2v) is 6.64. The zero-order chi connectivity index (χ0) is 18.8. The van der Waals surface area contributed by atoms with Gasteiger partial charge in [-0.3, -0.25) is 0 Å². The first kappa shape index (κ1) is 17.2. The highest BCUT2D eigenvalue weighted by atomic mass is 35.5. The Morgan fingerprint density at radius 1 is 1.07 bits per heavy atom. The Hall–Kier alpha value is -3.18. The number of hydrogen-bond donors (Lipinski definition) is 0. The molecule has 0 radical (unpaired) electrons. The molecule has 0 saturated heterocycles. The van der Waals surface area contributed by atoms with Gasteiger partial charge in [0.05, 0.1) is 17.6 Å². The van der Waals surface area contributed by atoms with Crippen LogP contribution in [0.5, 0.6) is 5.75 Å². The van der Waals surface area contributed by atoms with E-state index < -0.39 is 5.97 Å². The van der Waals surface area contributed by atoms with Crippen molar-refractivity contribution in [3.05, 3.63) is 88.4 Å². The summed E-state index contributed by atoms with van der Waals surface area (Å²) in [6.45, 7) is 2.44. The molecule has 134 valence electrons. The van der Waals surface area contributed by atoms with Gasteiger partial charge in [-0.1, -0.05) is 41.1 Å². The van der Waals surface area contributed by atoms with Gasteiger partial charge in [-0.25, -0.2) is 9.48 Å². The maximum Gasteiger partial charge on any atom is 0.343 e. The first-order valence-corrected chi connectivity index (χ1v) is 8.83. The average Bonchev–Trinajstić information content (AvgIpc) is 3.08. The maximum atomic E-state index is 12.3. The fourth-order valence-corrected chi connectivity index (χ4v) is 2.92. The number of aryl methyl sites for hydroxylation is 1. The molecule has 4 rings (SSSR count). The van der Waals surface area contributed by atoms with E-state index in [2.05, 4.69) is 10.3 Å². The summed E-state index contributed by atoms with van der Waals surface area (Å²) in [5, 5.41) is 8.97. The molecule has 0 unspecified atom stereocenters. The Bertz CT molecular complexity index is 1120. The van der Waals surface area contributed by atoms with E-state index in [0.717, 1.165) is 22.2 Å². The summed E-state index contributed by atoms with van der Waals surface area (Å²) in [6, 6.07) is 20.2. The Labute approximate surface area is 161 Å². The van der Waals surface area contributed by atoms with Crippen LogP contribution in [0.1, 0.15) is 21.5 Å². The number of carbonyl (C=O) groups is 1. The van der Waals surface area contributed by atoms with Crippen molar-refractivity contribution in [2.45, 2.75) is 13.5 Å². The molecule has 0 saturated carbocycles.